The van der Waals surface area contributed by atoms with Gasteiger partial charge >= 0.3 is 0 Å². The molecule has 1 aliphatic carbocycles. The van der Waals surface area contributed by atoms with Crippen molar-refractivity contribution in [2.75, 3.05) is 37.7 Å². The first kappa shape index (κ1) is 29.9. The molecule has 2 fully saturated rings. The summed E-state index contributed by atoms with van der Waals surface area (Å²) in [7, 11) is -2.00. The number of pyridine rings is 1. The molecule has 4 aromatic rings. The molecule has 1 saturated carbocycles. The fourth-order valence-electron chi connectivity index (χ4n) is 5.05. The zero-order valence-electron chi connectivity index (χ0n) is 24.4. The van der Waals surface area contributed by atoms with Gasteiger partial charge in [0, 0.05) is 32.0 Å². The van der Waals surface area contributed by atoms with Crippen LogP contribution < -0.4 is 19.1 Å². The van der Waals surface area contributed by atoms with Crippen molar-refractivity contribution >= 4 is 33.0 Å². The molecule has 1 saturated heterocycles. The normalized spacial score (nSPS) is 16.9. The first-order valence-corrected chi connectivity index (χ1v) is 16.7. The van der Waals surface area contributed by atoms with Crippen LogP contribution in [-0.2, 0) is 16.6 Å². The third-order valence-corrected chi connectivity index (χ3v) is 10.8. The maximum absolute atomic E-state index is 13.8. The molecule has 2 aliphatic rings. The summed E-state index contributed by atoms with van der Waals surface area (Å²) < 4.78 is 39.4. The molecule has 1 amide bonds. The largest absolute Gasteiger partial charge is 0.497 e. The maximum atomic E-state index is 13.8. The number of aromatic nitrogens is 4. The van der Waals surface area contributed by atoms with E-state index in [9.17, 15) is 13.2 Å². The van der Waals surface area contributed by atoms with E-state index in [1.54, 1.807) is 48.9 Å². The Morgan fingerprint density at radius 3 is 2.70 bits per heavy atom. The summed E-state index contributed by atoms with van der Waals surface area (Å²) in [6.07, 6.45) is 7.67. The third-order valence-electron chi connectivity index (χ3n) is 7.48. The minimum absolute atomic E-state index is 0.174. The predicted octanol–water partition coefficient (Wildman–Crippen LogP) is 3.69. The monoisotopic (exact) mass is 635 g/mol. The summed E-state index contributed by atoms with van der Waals surface area (Å²) in [5, 5.41) is 3.27. The summed E-state index contributed by atoms with van der Waals surface area (Å²) in [5.41, 5.74) is 2.52. The van der Waals surface area contributed by atoms with E-state index in [0.717, 1.165) is 5.56 Å². The number of anilines is 1. The van der Waals surface area contributed by atoms with Crippen LogP contribution >= 0.6 is 11.3 Å². The van der Waals surface area contributed by atoms with Gasteiger partial charge in [0.25, 0.3) is 5.91 Å². The van der Waals surface area contributed by atoms with Crippen LogP contribution in [0.2, 0.25) is 0 Å². The molecular formula is C30H33N7O5S2. The van der Waals surface area contributed by atoms with Crippen molar-refractivity contribution in [2.45, 2.75) is 37.6 Å². The van der Waals surface area contributed by atoms with Gasteiger partial charge in [-0.2, -0.15) is 0 Å². The van der Waals surface area contributed by atoms with Crippen molar-refractivity contribution in [2.24, 2.45) is 0 Å². The molecule has 0 radical (unpaired) electrons. The average Bonchev–Trinajstić information content (AvgIpc) is 3.81. The number of thiazole rings is 1. The first-order chi connectivity index (χ1) is 21.4. The fourth-order valence-corrected chi connectivity index (χ4v) is 7.71. The highest BCUT2D eigenvalue weighted by Gasteiger charge is 2.41. The Hall–Kier alpha value is -4.14. The molecule has 4 heterocycles. The second-order valence-corrected chi connectivity index (χ2v) is 13.6. The highest BCUT2D eigenvalue weighted by molar-refractivity contribution is 7.93. The molecule has 6 rings (SSSR count). The average molecular weight is 636 g/mol. The smallest absolute Gasteiger partial charge is 0.283 e. The van der Waals surface area contributed by atoms with Crippen LogP contribution in [0.4, 0.5) is 5.69 Å². The lowest BCUT2D eigenvalue weighted by molar-refractivity contribution is 0.0629. The Balaban J connectivity index is 1.27. The van der Waals surface area contributed by atoms with Gasteiger partial charge in [0.15, 0.2) is 5.01 Å². The van der Waals surface area contributed by atoms with E-state index < -0.39 is 21.3 Å². The number of ether oxygens (including phenoxy) is 2. The van der Waals surface area contributed by atoms with Gasteiger partial charge in [0.1, 0.15) is 11.4 Å². The van der Waals surface area contributed by atoms with Gasteiger partial charge in [-0.1, -0.05) is 12.1 Å². The molecule has 12 nitrogen and oxygen atoms in total. The van der Waals surface area contributed by atoms with E-state index in [-0.39, 0.29) is 12.5 Å². The third kappa shape index (κ3) is 6.37. The van der Waals surface area contributed by atoms with E-state index in [4.69, 9.17) is 9.47 Å². The minimum Gasteiger partial charge on any atom is -0.497 e. The number of hydrogen-bond donors (Lipinski definition) is 1. The quantitative estimate of drug-likeness (QED) is 0.260. The SMILES string of the molecule is CCOc1cncc(-c2cnc(C(=O)N3CCNCC3c3cc(N(Cc4ccc(OC)cc4)S(=O)(=O)C4CC4)ccn3)s2)n1. The molecule has 1 atom stereocenters. The van der Waals surface area contributed by atoms with E-state index in [1.807, 2.05) is 31.2 Å². The summed E-state index contributed by atoms with van der Waals surface area (Å²) in [5.74, 6) is 0.879. The summed E-state index contributed by atoms with van der Waals surface area (Å²) in [6.45, 7) is 4.04. The van der Waals surface area contributed by atoms with Gasteiger partial charge in [-0.3, -0.25) is 19.1 Å². The molecule has 0 spiro atoms. The highest BCUT2D eigenvalue weighted by Crippen LogP contribution is 2.36. The lowest BCUT2D eigenvalue weighted by Crippen LogP contribution is -2.49. The highest BCUT2D eigenvalue weighted by atomic mass is 32.2. The number of carbonyl (C=O) groups excluding carboxylic acids is 1. The Morgan fingerprint density at radius 1 is 1.14 bits per heavy atom. The number of nitrogens with zero attached hydrogens (tertiary/aromatic N) is 6. The fraction of sp³-hybridized carbons (Fsp3) is 0.367. The predicted molar refractivity (Wildman–Crippen MR) is 166 cm³/mol. The topological polar surface area (TPSA) is 140 Å². The van der Waals surface area contributed by atoms with Gasteiger partial charge in [-0.15, -0.1) is 11.3 Å². The van der Waals surface area contributed by atoms with Crippen LogP contribution in [0, 0.1) is 0 Å². The number of hydrogen-bond acceptors (Lipinski definition) is 11. The van der Waals surface area contributed by atoms with Crippen molar-refractivity contribution in [1.82, 2.24) is 30.2 Å². The van der Waals surface area contributed by atoms with Crippen molar-refractivity contribution in [3.63, 3.8) is 0 Å². The lowest BCUT2D eigenvalue weighted by Gasteiger charge is -2.35. The van der Waals surface area contributed by atoms with Crippen LogP contribution in [0.5, 0.6) is 11.6 Å². The van der Waals surface area contributed by atoms with E-state index in [0.29, 0.717) is 77.7 Å². The number of rotatable bonds is 11. The summed E-state index contributed by atoms with van der Waals surface area (Å²) in [6, 6.07) is 10.4. The Morgan fingerprint density at radius 2 is 1.95 bits per heavy atom. The van der Waals surface area contributed by atoms with Gasteiger partial charge in [0.05, 0.1) is 60.2 Å². The van der Waals surface area contributed by atoms with Crippen LogP contribution in [0.1, 0.15) is 46.9 Å². The lowest BCUT2D eigenvalue weighted by atomic mass is 10.1. The second kappa shape index (κ2) is 12.8. The van der Waals surface area contributed by atoms with Crippen LogP contribution in [-0.4, -0.2) is 77.8 Å². The first-order valence-electron chi connectivity index (χ1n) is 14.4. The van der Waals surface area contributed by atoms with Gasteiger partial charge in [0.2, 0.25) is 15.9 Å². The number of benzene rings is 1. The number of amides is 1. The van der Waals surface area contributed by atoms with Gasteiger partial charge in [-0.05, 0) is 49.6 Å². The standard InChI is InChI=1S/C30H33N7O5S2/c1-3-42-28-18-32-15-25(35-28)27-17-34-29(43-27)30(38)36-13-12-31-16-26(36)24-14-21(10-11-33-24)37(44(39,40)23-8-9-23)19-20-4-6-22(41-2)7-5-20/h4-7,10-11,14-15,17-18,23,26,31H,3,8-9,12-13,16,19H2,1-2H3. The molecule has 1 aromatic carbocycles. The van der Waals surface area contributed by atoms with Gasteiger partial charge < -0.3 is 19.7 Å². The number of sulfonamides is 1. The zero-order chi connectivity index (χ0) is 30.7. The van der Waals surface area contributed by atoms with Crippen LogP contribution in [0.15, 0.2) is 61.2 Å². The van der Waals surface area contributed by atoms with E-state index in [2.05, 4.69) is 25.3 Å². The Labute approximate surface area is 260 Å². The Bertz CT molecular complexity index is 1730. The number of carbonyl (C=O) groups is 1. The maximum Gasteiger partial charge on any atom is 0.283 e. The molecular weight excluding hydrogens is 603 g/mol. The van der Waals surface area contributed by atoms with Crippen molar-refractivity contribution < 1.29 is 22.7 Å². The van der Waals surface area contributed by atoms with Crippen LogP contribution in [0.3, 0.4) is 0 Å². The molecule has 3 aromatic heterocycles. The second-order valence-electron chi connectivity index (χ2n) is 10.5. The van der Waals surface area contributed by atoms with Crippen molar-refractivity contribution in [3.05, 3.63) is 77.5 Å². The molecule has 44 heavy (non-hydrogen) atoms. The van der Waals surface area contributed by atoms with Crippen LogP contribution in [0.25, 0.3) is 10.6 Å². The number of nitrogens with one attached hydrogen (secondary N) is 1. The molecule has 1 N–H and O–H groups in total. The molecule has 230 valence electrons. The van der Waals surface area contributed by atoms with E-state index >= 15 is 0 Å². The Kier molecular flexibility index (Phi) is 8.73. The van der Waals surface area contributed by atoms with E-state index in [1.165, 1.54) is 15.6 Å². The number of methoxy groups -OCH3 is 1. The molecule has 14 heteroatoms. The molecule has 0 bridgehead atoms. The van der Waals surface area contributed by atoms with Crippen molar-refractivity contribution in [1.29, 1.82) is 0 Å². The number of piperazine rings is 1. The summed E-state index contributed by atoms with van der Waals surface area (Å²) >= 11 is 1.24. The molecule has 1 unspecified atom stereocenters. The van der Waals surface area contributed by atoms with Gasteiger partial charge in [-0.25, -0.2) is 18.4 Å². The summed E-state index contributed by atoms with van der Waals surface area (Å²) in [4.78, 5) is 33.9. The van der Waals surface area contributed by atoms with Crippen molar-refractivity contribution in [3.8, 4) is 22.2 Å². The zero-order valence-corrected chi connectivity index (χ0v) is 26.1. The minimum atomic E-state index is -3.60. The molecule has 1 aliphatic heterocycles.